The maximum absolute atomic E-state index is 9.22. The van der Waals surface area contributed by atoms with Gasteiger partial charge in [-0.25, -0.2) is 0 Å². The van der Waals surface area contributed by atoms with Gasteiger partial charge in [0.25, 0.3) is 0 Å². The third kappa shape index (κ3) is 0.743. The van der Waals surface area contributed by atoms with Crippen molar-refractivity contribution in [2.45, 2.75) is 0 Å². The van der Waals surface area contributed by atoms with Gasteiger partial charge >= 0.3 is 0 Å². The van der Waals surface area contributed by atoms with E-state index in [1.807, 2.05) is 16.5 Å². The number of rotatable bonds is 0. The molecule has 10 heavy (non-hydrogen) atoms. The molecule has 0 saturated carbocycles. The molecule has 0 unspecified atom stereocenters. The molecular formula is C7H7NOS. The first kappa shape index (κ1) is 5.92. The van der Waals surface area contributed by atoms with Crippen LogP contribution in [0.2, 0.25) is 0 Å². The summed E-state index contributed by atoms with van der Waals surface area (Å²) in [7, 11) is 0. The SMILES string of the molecule is OC1=CSN2CC=CC=C12. The summed E-state index contributed by atoms with van der Waals surface area (Å²) in [4.78, 5) is 0. The fourth-order valence-corrected chi connectivity index (χ4v) is 1.77. The van der Waals surface area contributed by atoms with Crippen LogP contribution < -0.4 is 0 Å². The molecule has 2 rings (SSSR count). The van der Waals surface area contributed by atoms with Crippen molar-refractivity contribution in [3.63, 3.8) is 0 Å². The van der Waals surface area contributed by atoms with Crippen molar-refractivity contribution in [2.75, 3.05) is 6.54 Å². The van der Waals surface area contributed by atoms with Crippen molar-refractivity contribution in [1.29, 1.82) is 0 Å². The van der Waals surface area contributed by atoms with Crippen molar-refractivity contribution in [3.05, 3.63) is 35.1 Å². The molecule has 52 valence electrons. The van der Waals surface area contributed by atoms with E-state index in [2.05, 4.69) is 6.08 Å². The first-order valence-electron chi connectivity index (χ1n) is 3.08. The van der Waals surface area contributed by atoms with E-state index in [1.165, 1.54) is 11.9 Å². The zero-order valence-corrected chi connectivity index (χ0v) is 6.14. The van der Waals surface area contributed by atoms with E-state index < -0.39 is 0 Å². The standard InChI is InChI=1S/C7H7NOS/c9-7-5-10-8-4-2-1-3-6(7)8/h1-3,5,9H,4H2. The molecule has 0 aliphatic carbocycles. The minimum Gasteiger partial charge on any atom is -0.505 e. The number of fused-ring (bicyclic) bond motifs is 1. The van der Waals surface area contributed by atoms with Crippen molar-refractivity contribution in [3.8, 4) is 0 Å². The number of hydrogen-bond acceptors (Lipinski definition) is 3. The second-order valence-corrected chi connectivity index (χ2v) is 3.04. The smallest absolute Gasteiger partial charge is 0.147 e. The second kappa shape index (κ2) is 2.09. The average Bonchev–Trinajstić information content (AvgIpc) is 2.34. The van der Waals surface area contributed by atoms with E-state index >= 15 is 0 Å². The molecule has 0 bridgehead atoms. The van der Waals surface area contributed by atoms with Crippen molar-refractivity contribution < 1.29 is 5.11 Å². The molecule has 0 atom stereocenters. The quantitative estimate of drug-likeness (QED) is 0.537. The van der Waals surface area contributed by atoms with Crippen LogP contribution in [-0.2, 0) is 0 Å². The number of allylic oxidation sites excluding steroid dienone is 2. The summed E-state index contributed by atoms with van der Waals surface area (Å²) in [5, 5.41) is 11.0. The van der Waals surface area contributed by atoms with E-state index in [4.69, 9.17) is 0 Å². The molecule has 0 aromatic heterocycles. The van der Waals surface area contributed by atoms with Gasteiger partial charge in [0.2, 0.25) is 0 Å². The maximum atomic E-state index is 9.22. The highest BCUT2D eigenvalue weighted by Gasteiger charge is 2.19. The summed E-state index contributed by atoms with van der Waals surface area (Å²) >= 11 is 1.54. The van der Waals surface area contributed by atoms with Crippen LogP contribution in [0.5, 0.6) is 0 Å². The van der Waals surface area contributed by atoms with Gasteiger partial charge in [0.05, 0.1) is 5.70 Å². The largest absolute Gasteiger partial charge is 0.505 e. The summed E-state index contributed by atoms with van der Waals surface area (Å²) in [5.74, 6) is 0.384. The third-order valence-corrected chi connectivity index (χ3v) is 2.41. The van der Waals surface area contributed by atoms with Gasteiger partial charge in [0.1, 0.15) is 5.76 Å². The Bertz CT molecular complexity index is 242. The fraction of sp³-hybridized carbons (Fsp3) is 0.143. The Labute approximate surface area is 63.7 Å². The number of aliphatic hydroxyl groups is 1. The van der Waals surface area contributed by atoms with Gasteiger partial charge in [-0.15, -0.1) is 0 Å². The third-order valence-electron chi connectivity index (χ3n) is 1.48. The molecule has 0 saturated heterocycles. The summed E-state index contributed by atoms with van der Waals surface area (Å²) in [6, 6.07) is 0. The Morgan fingerprint density at radius 3 is 3.30 bits per heavy atom. The molecule has 2 nitrogen and oxygen atoms in total. The lowest BCUT2D eigenvalue weighted by Gasteiger charge is -2.18. The highest BCUT2D eigenvalue weighted by Crippen LogP contribution is 2.33. The van der Waals surface area contributed by atoms with Crippen LogP contribution in [0.1, 0.15) is 0 Å². The summed E-state index contributed by atoms with van der Waals surface area (Å²) < 4.78 is 2.04. The monoisotopic (exact) mass is 153 g/mol. The Morgan fingerprint density at radius 2 is 2.50 bits per heavy atom. The molecule has 0 spiro atoms. The van der Waals surface area contributed by atoms with Gasteiger partial charge in [-0.05, 0) is 18.0 Å². The molecule has 2 heterocycles. The number of aliphatic hydroxyl groups excluding tert-OH is 1. The molecule has 2 aliphatic heterocycles. The minimum absolute atomic E-state index is 0.384. The van der Waals surface area contributed by atoms with Gasteiger partial charge in [0.15, 0.2) is 0 Å². The Morgan fingerprint density at radius 1 is 1.60 bits per heavy atom. The Kier molecular flexibility index (Phi) is 1.24. The van der Waals surface area contributed by atoms with Gasteiger partial charge in [-0.3, -0.25) is 0 Å². The van der Waals surface area contributed by atoms with Crippen LogP contribution in [0.15, 0.2) is 35.1 Å². The predicted octanol–water partition coefficient (Wildman–Crippen LogP) is 1.80. The van der Waals surface area contributed by atoms with Crippen molar-refractivity contribution in [1.82, 2.24) is 4.31 Å². The molecule has 0 aromatic rings. The van der Waals surface area contributed by atoms with E-state index in [0.717, 1.165) is 12.2 Å². The van der Waals surface area contributed by atoms with Crippen molar-refractivity contribution >= 4 is 11.9 Å². The van der Waals surface area contributed by atoms with Crippen LogP contribution in [0.3, 0.4) is 0 Å². The Hall–Kier alpha value is -0.830. The zero-order valence-electron chi connectivity index (χ0n) is 5.32. The van der Waals surface area contributed by atoms with Gasteiger partial charge in [-0.1, -0.05) is 12.2 Å². The highest BCUT2D eigenvalue weighted by molar-refractivity contribution is 8.00. The highest BCUT2D eigenvalue weighted by atomic mass is 32.2. The topological polar surface area (TPSA) is 23.5 Å². The van der Waals surface area contributed by atoms with Crippen LogP contribution >= 0.6 is 11.9 Å². The lowest BCUT2D eigenvalue weighted by atomic mass is 10.3. The molecule has 3 heteroatoms. The zero-order chi connectivity index (χ0) is 6.97. The Balaban J connectivity index is 2.34. The molecule has 1 N–H and O–H groups in total. The molecule has 0 radical (unpaired) electrons. The van der Waals surface area contributed by atoms with Crippen molar-refractivity contribution in [2.24, 2.45) is 0 Å². The van der Waals surface area contributed by atoms with Crippen LogP contribution in [0.25, 0.3) is 0 Å². The molecule has 0 fully saturated rings. The van der Waals surface area contributed by atoms with E-state index in [9.17, 15) is 5.11 Å². The van der Waals surface area contributed by atoms with Crippen LogP contribution in [0, 0.1) is 0 Å². The number of nitrogens with zero attached hydrogens (tertiary/aromatic N) is 1. The summed E-state index contributed by atoms with van der Waals surface area (Å²) in [6.45, 7) is 0.886. The predicted molar refractivity (Wildman–Crippen MR) is 42.2 cm³/mol. The average molecular weight is 153 g/mol. The van der Waals surface area contributed by atoms with Gasteiger partial charge in [-0.2, -0.15) is 0 Å². The lowest BCUT2D eigenvalue weighted by molar-refractivity contribution is 0.404. The summed E-state index contributed by atoms with van der Waals surface area (Å²) in [5.41, 5.74) is 0.924. The molecular weight excluding hydrogens is 146 g/mol. The molecule has 0 amide bonds. The first-order valence-corrected chi connectivity index (χ1v) is 3.92. The van der Waals surface area contributed by atoms with Gasteiger partial charge in [0, 0.05) is 12.0 Å². The maximum Gasteiger partial charge on any atom is 0.147 e. The minimum atomic E-state index is 0.384. The van der Waals surface area contributed by atoms with Crippen LogP contribution in [0.4, 0.5) is 0 Å². The molecule has 2 aliphatic rings. The second-order valence-electron chi connectivity index (χ2n) is 2.15. The van der Waals surface area contributed by atoms with E-state index in [1.54, 1.807) is 5.41 Å². The van der Waals surface area contributed by atoms with E-state index in [0.29, 0.717) is 5.76 Å². The normalized spacial score (nSPS) is 22.2. The first-order chi connectivity index (χ1) is 4.88. The number of hydrogen-bond donors (Lipinski definition) is 1. The van der Waals surface area contributed by atoms with Crippen LogP contribution in [-0.4, -0.2) is 16.0 Å². The lowest BCUT2D eigenvalue weighted by Crippen LogP contribution is -2.13. The molecule has 0 aromatic carbocycles. The van der Waals surface area contributed by atoms with E-state index in [-0.39, 0.29) is 0 Å². The fourth-order valence-electron chi connectivity index (χ4n) is 0.984. The van der Waals surface area contributed by atoms with Gasteiger partial charge < -0.3 is 9.41 Å². The summed E-state index contributed by atoms with van der Waals surface area (Å²) in [6.07, 6.45) is 5.93.